The van der Waals surface area contributed by atoms with Gasteiger partial charge in [0.1, 0.15) is 0 Å². The van der Waals surface area contributed by atoms with Crippen LogP contribution in [0.15, 0.2) is 17.1 Å². The molecule has 0 unspecified atom stereocenters. The molecular weight excluding hydrogens is 270 g/mol. The van der Waals surface area contributed by atoms with Gasteiger partial charge in [-0.3, -0.25) is 4.79 Å². The first-order valence-corrected chi connectivity index (χ1v) is 9.45. The summed E-state index contributed by atoms with van der Waals surface area (Å²) in [4.78, 5) is 14.3. The number of amides is 1. The van der Waals surface area contributed by atoms with Gasteiger partial charge in [-0.1, -0.05) is 76.9 Å². The average molecular weight is 308 g/mol. The highest BCUT2D eigenvalue weighted by atomic mass is 16.1. The fourth-order valence-corrected chi connectivity index (χ4v) is 2.60. The summed E-state index contributed by atoms with van der Waals surface area (Å²) in [6.45, 7) is 5.51. The van der Waals surface area contributed by atoms with Crippen LogP contribution >= 0.6 is 0 Å². The molecule has 128 valence electrons. The minimum absolute atomic E-state index is 0.0597. The van der Waals surface area contributed by atoms with E-state index in [-0.39, 0.29) is 5.91 Å². The van der Waals surface area contributed by atoms with Crippen molar-refractivity contribution >= 4 is 12.6 Å². The van der Waals surface area contributed by atoms with Gasteiger partial charge in [0.15, 0.2) is 0 Å². The number of carbonyl (C=O) groups excluding carboxylic acids is 1. The summed E-state index contributed by atoms with van der Waals surface area (Å²) in [5.41, 5.74) is 0. The number of hydrogen-bond donors (Lipinski definition) is 0. The zero-order valence-corrected chi connectivity index (χ0v) is 14.8. The molecule has 1 amide bonds. The largest absolute Gasteiger partial charge is 0.273 e. The summed E-state index contributed by atoms with van der Waals surface area (Å²) < 4.78 is 0. The summed E-state index contributed by atoms with van der Waals surface area (Å²) in [6, 6.07) is 0. The molecule has 0 rings (SSSR count). The van der Waals surface area contributed by atoms with Gasteiger partial charge in [-0.25, -0.2) is 4.99 Å². The molecule has 0 saturated carbocycles. The first kappa shape index (κ1) is 21.1. The predicted molar refractivity (Wildman–Crippen MR) is 98.6 cm³/mol. The first-order chi connectivity index (χ1) is 10.8. The van der Waals surface area contributed by atoms with Crippen LogP contribution in [0, 0.1) is 0 Å². The van der Waals surface area contributed by atoms with Crippen molar-refractivity contribution in [3.8, 4) is 0 Å². The van der Waals surface area contributed by atoms with Crippen LogP contribution in [0.1, 0.15) is 103 Å². The molecule has 0 atom stereocenters. The number of nitrogens with zero attached hydrogens (tertiary/aromatic N) is 1. The van der Waals surface area contributed by atoms with Crippen LogP contribution in [0.25, 0.3) is 0 Å². The average Bonchev–Trinajstić information content (AvgIpc) is 2.54. The number of unbranched alkanes of at least 4 members (excludes halogenated alkanes) is 12. The highest BCUT2D eigenvalue weighted by Crippen LogP contribution is 2.10. The van der Waals surface area contributed by atoms with Crippen LogP contribution in [0.4, 0.5) is 0 Å². The van der Waals surface area contributed by atoms with Gasteiger partial charge in [0.25, 0.3) is 0 Å². The van der Waals surface area contributed by atoms with Crippen LogP contribution in [0.5, 0.6) is 0 Å². The van der Waals surface area contributed by atoms with Crippen molar-refractivity contribution in [2.45, 2.75) is 103 Å². The van der Waals surface area contributed by atoms with Crippen LogP contribution in [-0.2, 0) is 4.79 Å². The van der Waals surface area contributed by atoms with E-state index in [0.717, 1.165) is 12.8 Å². The normalized spacial score (nSPS) is 11.1. The van der Waals surface area contributed by atoms with Gasteiger partial charge in [-0.15, -0.1) is 0 Å². The lowest BCUT2D eigenvalue weighted by molar-refractivity contribution is -0.117. The molecule has 0 aromatic rings. The lowest BCUT2D eigenvalue weighted by atomic mass is 10.1. The van der Waals surface area contributed by atoms with E-state index < -0.39 is 0 Å². The second-order valence-corrected chi connectivity index (χ2v) is 6.24. The van der Waals surface area contributed by atoms with Gasteiger partial charge < -0.3 is 0 Å². The molecule has 0 fully saturated rings. The highest BCUT2D eigenvalue weighted by molar-refractivity contribution is 5.80. The maximum atomic E-state index is 10.9. The van der Waals surface area contributed by atoms with Crippen molar-refractivity contribution < 1.29 is 4.79 Å². The van der Waals surface area contributed by atoms with Crippen LogP contribution < -0.4 is 0 Å². The van der Waals surface area contributed by atoms with Crippen molar-refractivity contribution in [3.63, 3.8) is 0 Å². The van der Waals surface area contributed by atoms with Gasteiger partial charge in [0.2, 0.25) is 5.91 Å². The summed E-state index contributed by atoms with van der Waals surface area (Å²) in [5, 5.41) is 0. The van der Waals surface area contributed by atoms with E-state index in [0.29, 0.717) is 6.42 Å². The van der Waals surface area contributed by atoms with E-state index in [1.807, 2.05) is 0 Å². The molecule has 2 heteroatoms. The van der Waals surface area contributed by atoms with E-state index >= 15 is 0 Å². The Morgan fingerprint density at radius 2 is 1.23 bits per heavy atom. The molecule has 0 N–H and O–H groups in total. The molecule has 22 heavy (non-hydrogen) atoms. The zero-order valence-electron chi connectivity index (χ0n) is 14.8. The summed E-state index contributed by atoms with van der Waals surface area (Å²) >= 11 is 0. The Morgan fingerprint density at radius 1 is 0.773 bits per heavy atom. The molecule has 0 saturated heterocycles. The molecular formula is C20H37NO. The Kier molecular flexibility index (Phi) is 17.4. The number of carbonyl (C=O) groups is 1. The van der Waals surface area contributed by atoms with Crippen molar-refractivity contribution in [2.75, 3.05) is 0 Å². The van der Waals surface area contributed by atoms with Crippen LogP contribution in [0.3, 0.4) is 0 Å². The molecule has 0 aliphatic heterocycles. The molecule has 0 heterocycles. The van der Waals surface area contributed by atoms with Crippen molar-refractivity contribution in [1.29, 1.82) is 0 Å². The van der Waals surface area contributed by atoms with Crippen molar-refractivity contribution in [3.05, 3.63) is 12.2 Å². The molecule has 0 aliphatic carbocycles. The minimum atomic E-state index is -0.0597. The molecule has 2 nitrogen and oxygen atoms in total. The molecule has 0 bridgehead atoms. The van der Waals surface area contributed by atoms with Crippen LogP contribution in [-0.4, -0.2) is 12.6 Å². The van der Waals surface area contributed by atoms with Crippen LogP contribution in [0.2, 0.25) is 0 Å². The van der Waals surface area contributed by atoms with E-state index in [2.05, 4.69) is 30.8 Å². The van der Waals surface area contributed by atoms with Gasteiger partial charge >= 0.3 is 0 Å². The third-order valence-electron chi connectivity index (χ3n) is 4.08. The molecule has 0 aromatic carbocycles. The number of aliphatic imine (C=N–C) groups is 1. The maximum absolute atomic E-state index is 10.9. The molecule has 0 aromatic heterocycles. The lowest BCUT2D eigenvalue weighted by Gasteiger charge is -2.00. The summed E-state index contributed by atoms with van der Waals surface area (Å²) in [6.07, 6.45) is 23.4. The minimum Gasteiger partial charge on any atom is -0.273 e. The summed E-state index contributed by atoms with van der Waals surface area (Å²) in [7, 11) is 0. The monoisotopic (exact) mass is 307 g/mol. The van der Waals surface area contributed by atoms with E-state index in [1.165, 1.54) is 77.0 Å². The van der Waals surface area contributed by atoms with Gasteiger partial charge in [0, 0.05) is 6.42 Å². The fraction of sp³-hybridized carbons (Fsp3) is 0.800. The Bertz CT molecular complexity index is 283. The summed E-state index contributed by atoms with van der Waals surface area (Å²) in [5.74, 6) is -0.0597. The maximum Gasteiger partial charge on any atom is 0.245 e. The molecule has 0 radical (unpaired) electrons. The Balaban J connectivity index is 3.11. The standard InChI is InChI=1S/C20H37NO/c1-3-4-5-6-7-8-9-10-11-12-13-14-15-16-17-18-19-20(22)21-2/h10-11H,2-9,12-19H2,1H3/b11-10-. The van der Waals surface area contributed by atoms with E-state index in [1.54, 1.807) is 0 Å². The Morgan fingerprint density at radius 3 is 1.73 bits per heavy atom. The second kappa shape index (κ2) is 18.1. The fourth-order valence-electron chi connectivity index (χ4n) is 2.60. The first-order valence-electron chi connectivity index (χ1n) is 9.45. The second-order valence-electron chi connectivity index (χ2n) is 6.24. The number of rotatable bonds is 16. The quantitative estimate of drug-likeness (QED) is 0.178. The number of hydrogen-bond acceptors (Lipinski definition) is 1. The van der Waals surface area contributed by atoms with E-state index in [4.69, 9.17) is 0 Å². The third-order valence-corrected chi connectivity index (χ3v) is 4.08. The number of allylic oxidation sites excluding steroid dienone is 2. The molecule has 0 spiro atoms. The van der Waals surface area contributed by atoms with Gasteiger partial charge in [-0.2, -0.15) is 0 Å². The topological polar surface area (TPSA) is 29.4 Å². The Hall–Kier alpha value is -0.920. The predicted octanol–water partition coefficient (Wildman–Crippen LogP) is 6.64. The SMILES string of the molecule is C=NC(=O)CCCCCCCC/C=C\CCCCCCCC. The Labute approximate surface area is 138 Å². The van der Waals surface area contributed by atoms with Gasteiger partial charge in [0.05, 0.1) is 0 Å². The lowest BCUT2D eigenvalue weighted by Crippen LogP contribution is -1.91. The molecule has 0 aliphatic rings. The van der Waals surface area contributed by atoms with Crippen molar-refractivity contribution in [2.24, 2.45) is 4.99 Å². The highest BCUT2D eigenvalue weighted by Gasteiger charge is 1.96. The van der Waals surface area contributed by atoms with Crippen molar-refractivity contribution in [1.82, 2.24) is 0 Å². The third kappa shape index (κ3) is 17.1. The smallest absolute Gasteiger partial charge is 0.245 e. The van der Waals surface area contributed by atoms with E-state index in [9.17, 15) is 4.79 Å². The zero-order chi connectivity index (χ0) is 16.3. The van der Waals surface area contributed by atoms with Gasteiger partial charge in [-0.05, 0) is 38.8 Å².